The fraction of sp³-hybridized carbons (Fsp3) is 0.167. The van der Waals surface area contributed by atoms with Crippen molar-refractivity contribution >= 4 is 38.4 Å². The molecule has 0 bridgehead atoms. The van der Waals surface area contributed by atoms with Crippen LogP contribution in [0.2, 0.25) is 0 Å². The van der Waals surface area contributed by atoms with Crippen molar-refractivity contribution in [1.82, 2.24) is 4.98 Å². The van der Waals surface area contributed by atoms with Gasteiger partial charge in [-0.25, -0.2) is 0 Å². The Kier molecular flexibility index (Phi) is 3.71. The molecule has 0 aliphatic carbocycles. The zero-order chi connectivity index (χ0) is 12.3. The van der Waals surface area contributed by atoms with Crippen molar-refractivity contribution in [3.63, 3.8) is 0 Å². The normalized spacial score (nSPS) is 10.5. The molecule has 0 radical (unpaired) electrons. The van der Waals surface area contributed by atoms with Crippen LogP contribution in [-0.2, 0) is 9.53 Å². The molecule has 0 fully saturated rings. The third-order valence-electron chi connectivity index (χ3n) is 2.27. The summed E-state index contributed by atoms with van der Waals surface area (Å²) < 4.78 is 5.72. The van der Waals surface area contributed by atoms with Gasteiger partial charge in [-0.3, -0.25) is 9.78 Å². The van der Waals surface area contributed by atoms with Crippen molar-refractivity contribution in [1.29, 1.82) is 0 Å². The van der Waals surface area contributed by atoms with Crippen molar-refractivity contribution < 1.29 is 9.53 Å². The van der Waals surface area contributed by atoms with Gasteiger partial charge in [0.25, 0.3) is 0 Å². The number of carbonyl (C=O) groups is 1. The van der Waals surface area contributed by atoms with Gasteiger partial charge in [0.1, 0.15) is 6.61 Å². The largest absolute Gasteiger partial charge is 0.375 e. The van der Waals surface area contributed by atoms with E-state index in [4.69, 9.17) is 4.74 Å². The quantitative estimate of drug-likeness (QED) is 0.947. The Bertz CT molecular complexity index is 557. The van der Waals surface area contributed by atoms with Gasteiger partial charge in [0.15, 0.2) is 0 Å². The molecular weight excluding hydrogens is 284 g/mol. The highest BCUT2D eigenvalue weighted by Crippen LogP contribution is 2.28. The van der Waals surface area contributed by atoms with E-state index in [1.54, 1.807) is 6.20 Å². The zero-order valence-electron chi connectivity index (χ0n) is 9.24. The number of ether oxygens (including phenoxy) is 1. The zero-order valence-corrected chi connectivity index (χ0v) is 10.8. The molecule has 5 heteroatoms. The molecule has 0 aliphatic rings. The first kappa shape index (κ1) is 12.0. The van der Waals surface area contributed by atoms with Crippen LogP contribution in [0.15, 0.2) is 34.9 Å². The summed E-state index contributed by atoms with van der Waals surface area (Å²) >= 11 is 3.45. The third kappa shape index (κ3) is 2.62. The van der Waals surface area contributed by atoms with E-state index in [0.717, 1.165) is 15.4 Å². The fourth-order valence-electron chi connectivity index (χ4n) is 1.56. The molecule has 2 rings (SSSR count). The molecule has 0 aliphatic heterocycles. The van der Waals surface area contributed by atoms with Gasteiger partial charge in [-0.15, -0.1) is 0 Å². The Morgan fingerprint density at radius 2 is 2.29 bits per heavy atom. The summed E-state index contributed by atoms with van der Waals surface area (Å²) in [5.74, 6) is -0.193. The van der Waals surface area contributed by atoms with Crippen LogP contribution in [0.5, 0.6) is 0 Å². The summed E-state index contributed by atoms with van der Waals surface area (Å²) in [7, 11) is 1.48. The van der Waals surface area contributed by atoms with Crippen LogP contribution >= 0.6 is 15.9 Å². The molecule has 88 valence electrons. The number of amides is 1. The number of hydrogen-bond acceptors (Lipinski definition) is 3. The minimum atomic E-state index is -0.193. The Hall–Kier alpha value is -1.46. The highest BCUT2D eigenvalue weighted by molar-refractivity contribution is 9.10. The summed E-state index contributed by atoms with van der Waals surface area (Å²) in [5.41, 5.74) is 1.44. The number of nitrogens with zero attached hydrogens (tertiary/aromatic N) is 1. The first-order valence-corrected chi connectivity index (χ1v) is 5.83. The van der Waals surface area contributed by atoms with Gasteiger partial charge in [0.05, 0.1) is 11.2 Å². The Labute approximate surface area is 107 Å². The molecule has 0 atom stereocenters. The number of carbonyl (C=O) groups excluding carboxylic acids is 1. The lowest BCUT2D eigenvalue weighted by Crippen LogP contribution is -2.17. The van der Waals surface area contributed by atoms with Gasteiger partial charge in [0.2, 0.25) is 5.91 Å². The Morgan fingerprint density at radius 3 is 3.06 bits per heavy atom. The monoisotopic (exact) mass is 294 g/mol. The second-order valence-corrected chi connectivity index (χ2v) is 4.33. The number of methoxy groups -OCH3 is 1. The van der Waals surface area contributed by atoms with E-state index >= 15 is 0 Å². The van der Waals surface area contributed by atoms with E-state index in [1.165, 1.54) is 7.11 Å². The van der Waals surface area contributed by atoms with Crippen LogP contribution in [0.25, 0.3) is 10.9 Å². The minimum absolute atomic E-state index is 0.0321. The van der Waals surface area contributed by atoms with Crippen LogP contribution in [0.1, 0.15) is 0 Å². The van der Waals surface area contributed by atoms with Gasteiger partial charge in [0, 0.05) is 23.2 Å². The van der Waals surface area contributed by atoms with Gasteiger partial charge < -0.3 is 10.1 Å². The number of aromatic nitrogens is 1. The number of hydrogen-bond donors (Lipinski definition) is 1. The van der Waals surface area contributed by atoms with Crippen molar-refractivity contribution in [2.75, 3.05) is 19.0 Å². The molecule has 2 aromatic rings. The third-order valence-corrected chi connectivity index (χ3v) is 2.96. The number of pyridine rings is 1. The van der Waals surface area contributed by atoms with Gasteiger partial charge >= 0.3 is 0 Å². The summed E-state index contributed by atoms with van der Waals surface area (Å²) in [4.78, 5) is 15.7. The molecule has 4 nitrogen and oxygen atoms in total. The van der Waals surface area contributed by atoms with E-state index in [0.29, 0.717) is 5.69 Å². The van der Waals surface area contributed by atoms with Crippen molar-refractivity contribution in [3.05, 3.63) is 34.9 Å². The number of halogens is 1. The minimum Gasteiger partial charge on any atom is -0.375 e. The summed E-state index contributed by atoms with van der Waals surface area (Å²) in [6, 6.07) is 7.49. The maximum atomic E-state index is 11.5. The molecule has 17 heavy (non-hydrogen) atoms. The standard InChI is InChI=1S/C12H11BrN2O2/c1-17-7-11(16)15-10-5-4-9(13)8-3-2-6-14-12(8)10/h2-6H,7H2,1H3,(H,15,16). The molecular formula is C12H11BrN2O2. The predicted molar refractivity (Wildman–Crippen MR) is 69.9 cm³/mol. The fourth-order valence-corrected chi connectivity index (χ4v) is 2.01. The number of benzene rings is 1. The maximum absolute atomic E-state index is 11.5. The van der Waals surface area contributed by atoms with E-state index in [-0.39, 0.29) is 12.5 Å². The van der Waals surface area contributed by atoms with Crippen molar-refractivity contribution in [3.8, 4) is 0 Å². The van der Waals surface area contributed by atoms with Gasteiger partial charge in [-0.2, -0.15) is 0 Å². The van der Waals surface area contributed by atoms with Crippen molar-refractivity contribution in [2.24, 2.45) is 0 Å². The van der Waals surface area contributed by atoms with Crippen molar-refractivity contribution in [2.45, 2.75) is 0 Å². The van der Waals surface area contributed by atoms with Crippen LogP contribution in [0.4, 0.5) is 5.69 Å². The lowest BCUT2D eigenvalue weighted by atomic mass is 10.2. The average molecular weight is 295 g/mol. The summed E-state index contributed by atoms with van der Waals surface area (Å²) in [6.45, 7) is 0.0321. The topological polar surface area (TPSA) is 51.2 Å². The predicted octanol–water partition coefficient (Wildman–Crippen LogP) is 2.58. The average Bonchev–Trinajstić information content (AvgIpc) is 2.34. The van der Waals surface area contributed by atoms with Crippen LogP contribution in [0.3, 0.4) is 0 Å². The summed E-state index contributed by atoms with van der Waals surface area (Å²) in [5, 5.41) is 3.73. The second kappa shape index (κ2) is 5.25. The molecule has 1 amide bonds. The number of rotatable bonds is 3. The van der Waals surface area contributed by atoms with Crippen LogP contribution in [-0.4, -0.2) is 24.6 Å². The highest BCUT2D eigenvalue weighted by atomic mass is 79.9. The van der Waals surface area contributed by atoms with E-state index in [2.05, 4.69) is 26.2 Å². The lowest BCUT2D eigenvalue weighted by molar-refractivity contribution is -0.119. The molecule has 1 N–H and O–H groups in total. The second-order valence-electron chi connectivity index (χ2n) is 3.48. The Morgan fingerprint density at radius 1 is 1.47 bits per heavy atom. The van der Waals surface area contributed by atoms with E-state index in [9.17, 15) is 4.79 Å². The van der Waals surface area contributed by atoms with Crippen LogP contribution < -0.4 is 5.32 Å². The molecule has 0 saturated heterocycles. The summed E-state index contributed by atoms with van der Waals surface area (Å²) in [6.07, 6.45) is 1.70. The van der Waals surface area contributed by atoms with E-state index in [1.807, 2.05) is 24.3 Å². The van der Waals surface area contributed by atoms with Gasteiger partial charge in [-0.05, 0) is 18.2 Å². The first-order valence-electron chi connectivity index (χ1n) is 5.04. The van der Waals surface area contributed by atoms with Gasteiger partial charge in [-0.1, -0.05) is 22.0 Å². The first-order chi connectivity index (χ1) is 8.22. The van der Waals surface area contributed by atoms with E-state index < -0.39 is 0 Å². The molecule has 1 aromatic carbocycles. The molecule has 0 saturated carbocycles. The number of nitrogens with one attached hydrogen (secondary N) is 1. The molecule has 1 aromatic heterocycles. The molecule has 1 heterocycles. The SMILES string of the molecule is COCC(=O)Nc1ccc(Br)c2cccnc12. The highest BCUT2D eigenvalue weighted by Gasteiger charge is 2.08. The molecule has 0 spiro atoms. The smallest absolute Gasteiger partial charge is 0.250 e. The molecule has 0 unspecified atom stereocenters. The Balaban J connectivity index is 2.41. The van der Waals surface area contributed by atoms with Crippen LogP contribution in [0, 0.1) is 0 Å². The maximum Gasteiger partial charge on any atom is 0.250 e. The number of anilines is 1. The lowest BCUT2D eigenvalue weighted by Gasteiger charge is -2.08. The number of fused-ring (bicyclic) bond motifs is 1.